The lowest BCUT2D eigenvalue weighted by Gasteiger charge is -2.26. The number of carbonyl (C=O) groups excluding carboxylic acids is 1. The molecule has 0 unspecified atom stereocenters. The highest BCUT2D eigenvalue weighted by Gasteiger charge is 2.21. The lowest BCUT2D eigenvalue weighted by Crippen LogP contribution is -2.41. The molecule has 2 N–H and O–H groups in total. The van der Waals surface area contributed by atoms with Crippen molar-refractivity contribution in [2.24, 2.45) is 0 Å². The topological polar surface area (TPSA) is 60.8 Å². The fourth-order valence-electron chi connectivity index (χ4n) is 1.10. The quantitative estimate of drug-likeness (QED) is 0.540. The fourth-order valence-corrected chi connectivity index (χ4v) is 1.10. The van der Waals surface area contributed by atoms with E-state index in [-0.39, 0.29) is 6.04 Å². The first kappa shape index (κ1) is 11.6. The van der Waals surface area contributed by atoms with Crippen molar-refractivity contribution >= 4 is 6.29 Å². The molecule has 0 aliphatic rings. The maximum Gasteiger partial charge on any atom is 0.150 e. The van der Waals surface area contributed by atoms with Gasteiger partial charge in [-0.25, -0.2) is 0 Å². The van der Waals surface area contributed by atoms with E-state index < -0.39 is 12.2 Å². The van der Waals surface area contributed by atoms with Crippen LogP contribution in [0.15, 0.2) is 0 Å². The number of hydrogen-bond acceptors (Lipinski definition) is 4. The summed E-state index contributed by atoms with van der Waals surface area (Å²) >= 11 is 0. The highest BCUT2D eigenvalue weighted by Crippen LogP contribution is 2.07. The molecule has 4 heteroatoms. The molecule has 0 amide bonds. The Morgan fingerprint density at radius 1 is 1.42 bits per heavy atom. The van der Waals surface area contributed by atoms with E-state index in [1.165, 1.54) is 0 Å². The van der Waals surface area contributed by atoms with Gasteiger partial charge in [-0.15, -0.1) is 0 Å². The monoisotopic (exact) mass is 175 g/mol. The maximum atomic E-state index is 10.3. The molecule has 4 nitrogen and oxygen atoms in total. The van der Waals surface area contributed by atoms with Crippen LogP contribution >= 0.6 is 0 Å². The third-order valence-corrected chi connectivity index (χ3v) is 1.78. The second-order valence-electron chi connectivity index (χ2n) is 3.24. The number of nitrogens with zero attached hydrogens (tertiary/aromatic N) is 1. The molecule has 0 bridgehead atoms. The molecular formula is C8H17NO3. The van der Waals surface area contributed by atoms with E-state index in [2.05, 4.69) is 0 Å². The Hall–Kier alpha value is -0.450. The van der Waals surface area contributed by atoms with Gasteiger partial charge in [0.05, 0.1) is 6.10 Å². The first-order valence-electron chi connectivity index (χ1n) is 3.97. The van der Waals surface area contributed by atoms with Crippen LogP contribution < -0.4 is 0 Å². The molecule has 72 valence electrons. The summed E-state index contributed by atoms with van der Waals surface area (Å²) in [5, 5.41) is 18.3. The second kappa shape index (κ2) is 5.24. The van der Waals surface area contributed by atoms with Crippen molar-refractivity contribution in [3.63, 3.8) is 0 Å². The van der Waals surface area contributed by atoms with Crippen LogP contribution in [0.5, 0.6) is 0 Å². The molecule has 0 saturated carbocycles. The van der Waals surface area contributed by atoms with Crippen molar-refractivity contribution in [2.45, 2.75) is 31.6 Å². The predicted molar refractivity (Wildman–Crippen MR) is 45.8 cm³/mol. The minimum Gasteiger partial charge on any atom is -0.393 e. The van der Waals surface area contributed by atoms with Crippen LogP contribution in [0.2, 0.25) is 0 Å². The summed E-state index contributed by atoms with van der Waals surface area (Å²) < 4.78 is 0. The third kappa shape index (κ3) is 3.80. The van der Waals surface area contributed by atoms with Crippen molar-refractivity contribution in [1.29, 1.82) is 0 Å². The van der Waals surface area contributed by atoms with Crippen molar-refractivity contribution in [3.8, 4) is 0 Å². The largest absolute Gasteiger partial charge is 0.393 e. The fraction of sp³-hybridized carbons (Fsp3) is 0.875. The average Bonchev–Trinajstić information content (AvgIpc) is 1.98. The molecule has 0 rings (SSSR count). The van der Waals surface area contributed by atoms with Gasteiger partial charge in [0.2, 0.25) is 0 Å². The summed E-state index contributed by atoms with van der Waals surface area (Å²) in [5.41, 5.74) is 0. The van der Waals surface area contributed by atoms with Gasteiger partial charge in [-0.3, -0.25) is 0 Å². The van der Waals surface area contributed by atoms with Gasteiger partial charge in [-0.1, -0.05) is 0 Å². The van der Waals surface area contributed by atoms with Gasteiger partial charge in [0, 0.05) is 6.04 Å². The zero-order valence-corrected chi connectivity index (χ0v) is 7.77. The van der Waals surface area contributed by atoms with Crippen molar-refractivity contribution in [1.82, 2.24) is 4.90 Å². The molecule has 0 radical (unpaired) electrons. The highest BCUT2D eigenvalue weighted by atomic mass is 16.3. The summed E-state index contributed by atoms with van der Waals surface area (Å²) in [5.74, 6) is 0. The minimum absolute atomic E-state index is 0.303. The lowest BCUT2D eigenvalue weighted by molar-refractivity contribution is -0.118. The smallest absolute Gasteiger partial charge is 0.150 e. The molecule has 0 fully saturated rings. The summed E-state index contributed by atoms with van der Waals surface area (Å²) in [4.78, 5) is 12.0. The Bertz CT molecular complexity index is 136. The molecule has 0 aromatic rings. The van der Waals surface area contributed by atoms with Gasteiger partial charge >= 0.3 is 0 Å². The molecule has 0 heterocycles. The summed E-state index contributed by atoms with van der Waals surface area (Å²) in [6, 6.07) is -0.303. The molecule has 3 atom stereocenters. The number of aldehydes is 1. The van der Waals surface area contributed by atoms with E-state index >= 15 is 0 Å². The first-order valence-corrected chi connectivity index (χ1v) is 3.97. The third-order valence-electron chi connectivity index (χ3n) is 1.78. The summed E-state index contributed by atoms with van der Waals surface area (Å²) in [6.45, 7) is 1.63. The molecule has 0 aliphatic carbocycles. The van der Waals surface area contributed by atoms with Crippen LogP contribution in [0.4, 0.5) is 0 Å². The number of aliphatic hydroxyl groups is 2. The van der Waals surface area contributed by atoms with E-state index in [0.717, 1.165) is 0 Å². The second-order valence-corrected chi connectivity index (χ2v) is 3.24. The number of carbonyl (C=O) groups is 1. The van der Waals surface area contributed by atoms with Gasteiger partial charge < -0.3 is 19.9 Å². The summed E-state index contributed by atoms with van der Waals surface area (Å²) in [7, 11) is 3.53. The molecule has 12 heavy (non-hydrogen) atoms. The van der Waals surface area contributed by atoms with E-state index in [9.17, 15) is 9.90 Å². The van der Waals surface area contributed by atoms with Gasteiger partial charge in [-0.05, 0) is 27.4 Å². The average molecular weight is 175 g/mol. The molecule has 0 aromatic heterocycles. The van der Waals surface area contributed by atoms with E-state index in [0.29, 0.717) is 12.7 Å². The summed E-state index contributed by atoms with van der Waals surface area (Å²) in [6.07, 6.45) is -0.637. The molecular weight excluding hydrogens is 158 g/mol. The zero-order valence-electron chi connectivity index (χ0n) is 7.77. The van der Waals surface area contributed by atoms with Gasteiger partial charge in [-0.2, -0.15) is 0 Å². The van der Waals surface area contributed by atoms with Crippen LogP contribution in [0.1, 0.15) is 13.3 Å². The van der Waals surface area contributed by atoms with Crippen molar-refractivity contribution in [3.05, 3.63) is 0 Å². The van der Waals surface area contributed by atoms with Gasteiger partial charge in [0.1, 0.15) is 12.4 Å². The van der Waals surface area contributed by atoms with Crippen molar-refractivity contribution < 1.29 is 15.0 Å². The number of aliphatic hydroxyl groups excluding tert-OH is 2. The molecule has 0 aromatic carbocycles. The van der Waals surface area contributed by atoms with Gasteiger partial charge in [0.25, 0.3) is 0 Å². The molecule has 0 aliphatic heterocycles. The minimum atomic E-state index is -1.02. The molecule has 0 saturated heterocycles. The van der Waals surface area contributed by atoms with Crippen LogP contribution in [-0.2, 0) is 4.79 Å². The Kier molecular flexibility index (Phi) is 5.04. The zero-order chi connectivity index (χ0) is 9.72. The standard InChI is InChI=1S/C8H17NO3/c1-6(11)4-7(9(2)3)8(12)5-10/h5-8,11-12H,4H2,1-3H3/t6-,7-,8-/m1/s1. The Balaban J connectivity index is 4.12. The van der Waals surface area contributed by atoms with E-state index in [1.807, 2.05) is 0 Å². The van der Waals surface area contributed by atoms with Crippen molar-refractivity contribution in [2.75, 3.05) is 14.1 Å². The van der Waals surface area contributed by atoms with Crippen LogP contribution in [-0.4, -0.2) is 53.7 Å². The van der Waals surface area contributed by atoms with Gasteiger partial charge in [0.15, 0.2) is 0 Å². The lowest BCUT2D eigenvalue weighted by atomic mass is 10.0. The number of rotatable bonds is 5. The predicted octanol–water partition coefficient (Wildman–Crippen LogP) is -0.753. The normalized spacial score (nSPS) is 18.8. The first-order chi connectivity index (χ1) is 5.49. The highest BCUT2D eigenvalue weighted by molar-refractivity contribution is 5.56. The Morgan fingerprint density at radius 2 is 1.92 bits per heavy atom. The van der Waals surface area contributed by atoms with E-state index in [1.54, 1.807) is 25.9 Å². The SMILES string of the molecule is C[C@@H](O)C[C@H]([C@H](O)C=O)N(C)C. The molecule has 0 spiro atoms. The van der Waals surface area contributed by atoms with Crippen LogP contribution in [0.25, 0.3) is 0 Å². The van der Waals surface area contributed by atoms with E-state index in [4.69, 9.17) is 5.11 Å². The number of hydrogen-bond donors (Lipinski definition) is 2. The maximum absolute atomic E-state index is 10.3. The Labute approximate surface area is 72.8 Å². The van der Waals surface area contributed by atoms with Crippen LogP contribution in [0, 0.1) is 0 Å². The Morgan fingerprint density at radius 3 is 2.17 bits per heavy atom. The number of likely N-dealkylation sites (N-methyl/N-ethyl adjacent to an activating group) is 1. The van der Waals surface area contributed by atoms with Crippen LogP contribution in [0.3, 0.4) is 0 Å².